The summed E-state index contributed by atoms with van der Waals surface area (Å²) in [4.78, 5) is 2.42. The Balaban J connectivity index is 2.27. The highest BCUT2D eigenvalue weighted by atomic mass is 35.5. The van der Waals surface area contributed by atoms with Gasteiger partial charge in [0.1, 0.15) is 0 Å². The van der Waals surface area contributed by atoms with Gasteiger partial charge >= 0.3 is 0 Å². The number of halogens is 1. The van der Waals surface area contributed by atoms with Crippen LogP contribution in [0.25, 0.3) is 0 Å². The van der Waals surface area contributed by atoms with Crippen LogP contribution in [0.3, 0.4) is 0 Å². The maximum absolute atomic E-state index is 5.98. The molecule has 1 unspecified atom stereocenters. The zero-order chi connectivity index (χ0) is 11.5. The fourth-order valence-corrected chi connectivity index (χ4v) is 3.42. The van der Waals surface area contributed by atoms with Crippen molar-refractivity contribution >= 4 is 29.1 Å². The third-order valence-electron chi connectivity index (χ3n) is 2.97. The first-order valence-electron chi connectivity index (χ1n) is 5.53. The van der Waals surface area contributed by atoms with Crippen molar-refractivity contribution in [1.29, 1.82) is 0 Å². The molecule has 0 aromatic heterocycles. The summed E-state index contributed by atoms with van der Waals surface area (Å²) in [5.41, 5.74) is 8.34. The summed E-state index contributed by atoms with van der Waals surface area (Å²) in [5, 5.41) is 0.803. The Bertz CT molecular complexity index is 370. The van der Waals surface area contributed by atoms with Crippen molar-refractivity contribution in [2.45, 2.75) is 13.0 Å². The van der Waals surface area contributed by atoms with Crippen molar-refractivity contribution in [3.8, 4) is 0 Å². The van der Waals surface area contributed by atoms with E-state index >= 15 is 0 Å². The van der Waals surface area contributed by atoms with Gasteiger partial charge in [0.2, 0.25) is 0 Å². The Morgan fingerprint density at radius 3 is 3.06 bits per heavy atom. The molecule has 1 atom stereocenters. The van der Waals surface area contributed by atoms with E-state index in [1.165, 1.54) is 17.0 Å². The lowest BCUT2D eigenvalue weighted by atomic mass is 10.1. The highest BCUT2D eigenvalue weighted by molar-refractivity contribution is 7.99. The molecule has 0 bridgehead atoms. The van der Waals surface area contributed by atoms with Crippen LogP contribution in [0.5, 0.6) is 0 Å². The van der Waals surface area contributed by atoms with Crippen LogP contribution in [-0.2, 0) is 0 Å². The van der Waals surface area contributed by atoms with E-state index in [4.69, 9.17) is 17.3 Å². The SMILES string of the molecule is Cc1cc(Cl)ccc1N1CCSCC1CN. The molecule has 88 valence electrons. The Morgan fingerprint density at radius 2 is 2.38 bits per heavy atom. The number of hydrogen-bond donors (Lipinski definition) is 1. The first kappa shape index (κ1) is 12.1. The molecule has 1 heterocycles. The molecule has 16 heavy (non-hydrogen) atoms. The zero-order valence-electron chi connectivity index (χ0n) is 9.45. The number of nitrogens with zero attached hydrogens (tertiary/aromatic N) is 1. The molecule has 0 saturated carbocycles. The standard InChI is InChI=1S/C12H17ClN2S/c1-9-6-10(13)2-3-12(9)15-4-5-16-8-11(15)7-14/h2-3,6,11H,4-5,7-8,14H2,1H3. The lowest BCUT2D eigenvalue weighted by Gasteiger charge is -2.37. The van der Waals surface area contributed by atoms with Gasteiger partial charge in [0.05, 0.1) is 6.04 Å². The van der Waals surface area contributed by atoms with E-state index in [0.29, 0.717) is 6.04 Å². The molecule has 2 nitrogen and oxygen atoms in total. The van der Waals surface area contributed by atoms with Crippen LogP contribution in [0.15, 0.2) is 18.2 Å². The van der Waals surface area contributed by atoms with Crippen molar-refractivity contribution in [2.75, 3.05) is 29.5 Å². The summed E-state index contributed by atoms with van der Waals surface area (Å²) in [6.45, 7) is 3.90. The average Bonchev–Trinajstić information content (AvgIpc) is 2.29. The Morgan fingerprint density at radius 1 is 1.56 bits per heavy atom. The van der Waals surface area contributed by atoms with Gasteiger partial charge in [0.15, 0.2) is 0 Å². The number of thioether (sulfide) groups is 1. The van der Waals surface area contributed by atoms with Crippen LogP contribution in [0.1, 0.15) is 5.56 Å². The highest BCUT2D eigenvalue weighted by Gasteiger charge is 2.22. The predicted molar refractivity (Wildman–Crippen MR) is 73.7 cm³/mol. The van der Waals surface area contributed by atoms with E-state index in [1.54, 1.807) is 0 Å². The van der Waals surface area contributed by atoms with Gasteiger partial charge in [-0.3, -0.25) is 0 Å². The quantitative estimate of drug-likeness (QED) is 0.882. The van der Waals surface area contributed by atoms with E-state index in [2.05, 4.69) is 17.9 Å². The minimum atomic E-state index is 0.457. The maximum Gasteiger partial charge on any atom is 0.0503 e. The molecule has 1 aromatic carbocycles. The van der Waals surface area contributed by atoms with Crippen LogP contribution < -0.4 is 10.6 Å². The van der Waals surface area contributed by atoms with Crippen LogP contribution in [0.4, 0.5) is 5.69 Å². The second kappa shape index (κ2) is 5.30. The molecule has 0 amide bonds. The summed E-state index contributed by atoms with van der Waals surface area (Å²) in [6.07, 6.45) is 0. The van der Waals surface area contributed by atoms with Crippen molar-refractivity contribution in [2.24, 2.45) is 5.73 Å². The highest BCUT2D eigenvalue weighted by Crippen LogP contribution is 2.28. The molecule has 0 spiro atoms. The number of rotatable bonds is 2. The number of nitrogens with two attached hydrogens (primary N) is 1. The Labute approximate surface area is 106 Å². The first-order chi connectivity index (χ1) is 7.72. The fraction of sp³-hybridized carbons (Fsp3) is 0.500. The lowest BCUT2D eigenvalue weighted by Crippen LogP contribution is -2.47. The molecule has 4 heteroatoms. The van der Waals surface area contributed by atoms with Gasteiger partial charge in [0, 0.05) is 35.3 Å². The maximum atomic E-state index is 5.98. The summed E-state index contributed by atoms with van der Waals surface area (Å²) in [7, 11) is 0. The van der Waals surface area contributed by atoms with Crippen molar-refractivity contribution < 1.29 is 0 Å². The number of benzene rings is 1. The third kappa shape index (κ3) is 2.47. The summed E-state index contributed by atoms with van der Waals surface area (Å²) in [5.74, 6) is 2.30. The first-order valence-corrected chi connectivity index (χ1v) is 7.06. The molecule has 0 radical (unpaired) electrons. The minimum Gasteiger partial charge on any atom is -0.365 e. The lowest BCUT2D eigenvalue weighted by molar-refractivity contribution is 0.653. The molecular formula is C12H17ClN2S. The van der Waals surface area contributed by atoms with Gasteiger partial charge in [-0.05, 0) is 30.7 Å². The molecule has 2 rings (SSSR count). The fourth-order valence-electron chi connectivity index (χ4n) is 2.11. The number of anilines is 1. The Hall–Kier alpha value is -0.380. The van der Waals surface area contributed by atoms with E-state index in [1.807, 2.05) is 23.9 Å². The number of hydrogen-bond acceptors (Lipinski definition) is 3. The molecule has 1 saturated heterocycles. The minimum absolute atomic E-state index is 0.457. The topological polar surface area (TPSA) is 29.3 Å². The monoisotopic (exact) mass is 256 g/mol. The van der Waals surface area contributed by atoms with Crippen LogP contribution in [-0.4, -0.2) is 30.6 Å². The van der Waals surface area contributed by atoms with E-state index < -0.39 is 0 Å². The summed E-state index contributed by atoms with van der Waals surface area (Å²) >= 11 is 7.97. The normalized spacial score (nSPS) is 21.2. The van der Waals surface area contributed by atoms with Gasteiger partial charge in [-0.15, -0.1) is 0 Å². The third-order valence-corrected chi connectivity index (χ3v) is 4.29. The van der Waals surface area contributed by atoms with Crippen molar-refractivity contribution in [3.63, 3.8) is 0 Å². The van der Waals surface area contributed by atoms with Crippen LogP contribution >= 0.6 is 23.4 Å². The number of aryl methyl sites for hydroxylation is 1. The Kier molecular flexibility index (Phi) is 4.00. The smallest absolute Gasteiger partial charge is 0.0503 e. The van der Waals surface area contributed by atoms with E-state index in [9.17, 15) is 0 Å². The van der Waals surface area contributed by atoms with E-state index in [0.717, 1.165) is 23.9 Å². The largest absolute Gasteiger partial charge is 0.365 e. The van der Waals surface area contributed by atoms with Gasteiger partial charge in [-0.25, -0.2) is 0 Å². The molecule has 1 aromatic rings. The zero-order valence-corrected chi connectivity index (χ0v) is 11.0. The van der Waals surface area contributed by atoms with Gasteiger partial charge in [-0.1, -0.05) is 11.6 Å². The average molecular weight is 257 g/mol. The molecule has 1 fully saturated rings. The molecule has 1 aliphatic rings. The summed E-state index contributed by atoms with van der Waals surface area (Å²) in [6, 6.07) is 6.54. The van der Waals surface area contributed by atoms with Crippen LogP contribution in [0.2, 0.25) is 5.02 Å². The predicted octanol–water partition coefficient (Wildman–Crippen LogP) is 2.53. The van der Waals surface area contributed by atoms with Gasteiger partial charge in [0.25, 0.3) is 0 Å². The molecular weight excluding hydrogens is 240 g/mol. The van der Waals surface area contributed by atoms with Crippen molar-refractivity contribution in [3.05, 3.63) is 28.8 Å². The van der Waals surface area contributed by atoms with E-state index in [-0.39, 0.29) is 0 Å². The molecule has 1 aliphatic heterocycles. The van der Waals surface area contributed by atoms with Gasteiger partial charge < -0.3 is 10.6 Å². The second-order valence-corrected chi connectivity index (χ2v) is 5.67. The summed E-state index contributed by atoms with van der Waals surface area (Å²) < 4.78 is 0. The molecule has 2 N–H and O–H groups in total. The van der Waals surface area contributed by atoms with Crippen LogP contribution in [0, 0.1) is 6.92 Å². The molecule has 0 aliphatic carbocycles. The second-order valence-electron chi connectivity index (χ2n) is 4.09. The van der Waals surface area contributed by atoms with Crippen molar-refractivity contribution in [1.82, 2.24) is 0 Å². The van der Waals surface area contributed by atoms with Gasteiger partial charge in [-0.2, -0.15) is 11.8 Å².